The average Bonchev–Trinajstić information content (AvgIpc) is 3.36. The minimum atomic E-state index is -0.333. The second-order valence-corrected chi connectivity index (χ2v) is 8.87. The maximum atomic E-state index is 13.7. The van der Waals surface area contributed by atoms with Crippen LogP contribution in [0.4, 0.5) is 4.39 Å². The number of carbonyl (C=O) groups is 1. The minimum absolute atomic E-state index is 0.246. The number of amides is 1. The lowest BCUT2D eigenvalue weighted by Crippen LogP contribution is -2.31. The van der Waals surface area contributed by atoms with E-state index < -0.39 is 0 Å². The molecule has 6 heteroatoms. The van der Waals surface area contributed by atoms with Crippen molar-refractivity contribution >= 4 is 17.5 Å². The van der Waals surface area contributed by atoms with Gasteiger partial charge in [-0.25, -0.2) is 9.07 Å². The van der Waals surface area contributed by atoms with Crippen LogP contribution < -0.4 is 5.32 Å². The van der Waals surface area contributed by atoms with E-state index in [1.165, 1.54) is 12.1 Å². The van der Waals surface area contributed by atoms with Crippen molar-refractivity contribution in [2.75, 3.05) is 0 Å². The molecule has 0 saturated carbocycles. The molecule has 0 aliphatic rings. The molecule has 0 aliphatic heterocycles. The first-order valence-corrected chi connectivity index (χ1v) is 12.0. The van der Waals surface area contributed by atoms with E-state index in [1.807, 2.05) is 60.7 Å². The van der Waals surface area contributed by atoms with Crippen LogP contribution in [-0.2, 0) is 6.42 Å². The summed E-state index contributed by atoms with van der Waals surface area (Å²) < 4.78 is 15.1. The first-order valence-electron chi connectivity index (χ1n) is 11.6. The van der Waals surface area contributed by atoms with Gasteiger partial charge < -0.3 is 5.32 Å². The van der Waals surface area contributed by atoms with Crippen molar-refractivity contribution in [2.45, 2.75) is 12.5 Å². The molecule has 1 aromatic heterocycles. The molecule has 5 aromatic rings. The molecule has 5 rings (SSSR count). The Bertz CT molecular complexity index is 1450. The van der Waals surface area contributed by atoms with Crippen LogP contribution in [0.5, 0.6) is 0 Å². The van der Waals surface area contributed by atoms with Crippen molar-refractivity contribution in [1.29, 1.82) is 0 Å². The van der Waals surface area contributed by atoms with Gasteiger partial charge in [0.1, 0.15) is 11.5 Å². The van der Waals surface area contributed by atoms with Gasteiger partial charge in [-0.3, -0.25) is 4.79 Å². The lowest BCUT2D eigenvalue weighted by Gasteiger charge is -2.20. The van der Waals surface area contributed by atoms with Crippen molar-refractivity contribution in [1.82, 2.24) is 15.1 Å². The van der Waals surface area contributed by atoms with Gasteiger partial charge in [-0.1, -0.05) is 72.3 Å². The summed E-state index contributed by atoms with van der Waals surface area (Å²) in [5, 5.41) is 8.48. The molecule has 0 aliphatic carbocycles. The summed E-state index contributed by atoms with van der Waals surface area (Å²) in [6.45, 7) is 0. The van der Waals surface area contributed by atoms with E-state index in [-0.39, 0.29) is 17.8 Å². The van der Waals surface area contributed by atoms with Crippen molar-refractivity contribution in [3.8, 4) is 16.9 Å². The van der Waals surface area contributed by atoms with E-state index in [9.17, 15) is 9.18 Å². The second-order valence-electron chi connectivity index (χ2n) is 8.44. The largest absolute Gasteiger partial charge is 0.344 e. The fraction of sp³-hybridized carbons (Fsp3) is 0.0667. The molecule has 1 N–H and O–H groups in total. The molecule has 178 valence electrons. The number of nitrogens with one attached hydrogen (secondary N) is 1. The number of hydrogen-bond acceptors (Lipinski definition) is 2. The zero-order valence-corrected chi connectivity index (χ0v) is 20.1. The second kappa shape index (κ2) is 10.6. The molecular weight excluding hydrogens is 473 g/mol. The fourth-order valence-corrected chi connectivity index (χ4v) is 4.23. The third-order valence-electron chi connectivity index (χ3n) is 5.94. The van der Waals surface area contributed by atoms with Gasteiger partial charge in [-0.15, -0.1) is 0 Å². The number of halogens is 2. The standard InChI is InChI=1S/C30H23ClFN3O/c31-24-13-17-26(18-14-24)35-29(20-28(34-35)23-11-15-25(32)16-12-23)30(36)33-27(22-9-5-2-6-10-22)19-21-7-3-1-4-8-21/h1-18,20,27H,19H2,(H,33,36). The van der Waals surface area contributed by atoms with Gasteiger partial charge in [0.25, 0.3) is 5.91 Å². The Balaban J connectivity index is 1.52. The lowest BCUT2D eigenvalue weighted by atomic mass is 9.98. The Morgan fingerprint density at radius 1 is 0.861 bits per heavy atom. The summed E-state index contributed by atoms with van der Waals surface area (Å²) in [5.41, 5.74) is 4.45. The SMILES string of the molecule is O=C(NC(Cc1ccccc1)c1ccccc1)c1cc(-c2ccc(F)cc2)nn1-c1ccc(Cl)cc1. The molecule has 4 aromatic carbocycles. The molecule has 0 spiro atoms. The molecular formula is C30H23ClFN3O. The van der Waals surface area contributed by atoms with Crippen LogP contribution in [0.1, 0.15) is 27.7 Å². The quantitative estimate of drug-likeness (QED) is 0.263. The highest BCUT2D eigenvalue weighted by molar-refractivity contribution is 6.30. The number of aromatic nitrogens is 2. The molecule has 1 heterocycles. The summed E-state index contributed by atoms with van der Waals surface area (Å²) >= 11 is 6.09. The van der Waals surface area contributed by atoms with Gasteiger partial charge in [0, 0.05) is 10.6 Å². The Kier molecular flexibility index (Phi) is 6.92. The summed E-state index contributed by atoms with van der Waals surface area (Å²) in [5.74, 6) is -0.601. The maximum Gasteiger partial charge on any atom is 0.270 e. The van der Waals surface area contributed by atoms with Crippen molar-refractivity contribution in [3.63, 3.8) is 0 Å². The third kappa shape index (κ3) is 5.37. The first-order chi connectivity index (χ1) is 17.6. The van der Waals surface area contributed by atoms with Gasteiger partial charge in [-0.05, 0) is 72.1 Å². The third-order valence-corrected chi connectivity index (χ3v) is 6.20. The van der Waals surface area contributed by atoms with Crippen LogP contribution in [0.2, 0.25) is 5.02 Å². The van der Waals surface area contributed by atoms with Crippen molar-refractivity contribution in [2.24, 2.45) is 0 Å². The highest BCUT2D eigenvalue weighted by atomic mass is 35.5. The van der Waals surface area contributed by atoms with Crippen LogP contribution in [0, 0.1) is 5.82 Å². The number of benzene rings is 4. The van der Waals surface area contributed by atoms with Gasteiger partial charge >= 0.3 is 0 Å². The van der Waals surface area contributed by atoms with E-state index in [2.05, 4.69) is 10.4 Å². The van der Waals surface area contributed by atoms with Crippen molar-refractivity contribution < 1.29 is 9.18 Å². The van der Waals surface area contributed by atoms with Crippen molar-refractivity contribution in [3.05, 3.63) is 143 Å². The average molecular weight is 496 g/mol. The maximum absolute atomic E-state index is 13.7. The molecule has 0 fully saturated rings. The van der Waals surface area contributed by atoms with E-state index in [1.54, 1.807) is 47.1 Å². The monoisotopic (exact) mass is 495 g/mol. The van der Waals surface area contributed by atoms with Gasteiger partial charge in [0.15, 0.2) is 0 Å². The smallest absolute Gasteiger partial charge is 0.270 e. The Morgan fingerprint density at radius 2 is 1.50 bits per heavy atom. The number of hydrogen-bond donors (Lipinski definition) is 1. The number of carbonyl (C=O) groups excluding carboxylic acids is 1. The minimum Gasteiger partial charge on any atom is -0.344 e. The van der Waals surface area contributed by atoms with E-state index >= 15 is 0 Å². The van der Waals surface area contributed by atoms with E-state index in [0.29, 0.717) is 34.1 Å². The van der Waals surface area contributed by atoms with Crippen LogP contribution in [0.25, 0.3) is 16.9 Å². The van der Waals surface area contributed by atoms with Gasteiger partial charge in [-0.2, -0.15) is 5.10 Å². The van der Waals surface area contributed by atoms with Crippen LogP contribution >= 0.6 is 11.6 Å². The zero-order chi connectivity index (χ0) is 24.9. The fourth-order valence-electron chi connectivity index (χ4n) is 4.10. The zero-order valence-electron chi connectivity index (χ0n) is 19.3. The first kappa shape index (κ1) is 23.5. The summed E-state index contributed by atoms with van der Waals surface area (Å²) in [6, 6.07) is 34.6. The Labute approximate surface area is 214 Å². The molecule has 1 unspecified atom stereocenters. The highest BCUT2D eigenvalue weighted by Crippen LogP contribution is 2.25. The van der Waals surface area contributed by atoms with Crippen LogP contribution in [0.15, 0.2) is 115 Å². The predicted molar refractivity (Wildman–Crippen MR) is 141 cm³/mol. The topological polar surface area (TPSA) is 46.9 Å². The highest BCUT2D eigenvalue weighted by Gasteiger charge is 2.22. The molecule has 0 saturated heterocycles. The number of nitrogens with zero attached hydrogens (tertiary/aromatic N) is 2. The molecule has 36 heavy (non-hydrogen) atoms. The molecule has 1 atom stereocenters. The predicted octanol–water partition coefficient (Wildman–Crippen LogP) is 7.05. The van der Waals surface area contributed by atoms with Crippen LogP contribution in [0.3, 0.4) is 0 Å². The lowest BCUT2D eigenvalue weighted by molar-refractivity contribution is 0.0928. The molecule has 0 radical (unpaired) electrons. The summed E-state index contributed by atoms with van der Waals surface area (Å²) in [4.78, 5) is 13.7. The Hall–Kier alpha value is -4.22. The van der Waals surface area contributed by atoms with Gasteiger partial charge in [0.05, 0.1) is 17.4 Å². The van der Waals surface area contributed by atoms with Crippen LogP contribution in [-0.4, -0.2) is 15.7 Å². The van der Waals surface area contributed by atoms with Gasteiger partial charge in [0.2, 0.25) is 0 Å². The Morgan fingerprint density at radius 3 is 2.17 bits per heavy atom. The molecule has 1 amide bonds. The van der Waals surface area contributed by atoms with E-state index in [4.69, 9.17) is 11.6 Å². The molecule has 4 nitrogen and oxygen atoms in total. The number of rotatable bonds is 7. The summed E-state index contributed by atoms with van der Waals surface area (Å²) in [6.07, 6.45) is 0.635. The normalized spacial score (nSPS) is 11.7. The summed E-state index contributed by atoms with van der Waals surface area (Å²) in [7, 11) is 0. The van der Waals surface area contributed by atoms with E-state index in [0.717, 1.165) is 11.1 Å². The molecule has 0 bridgehead atoms.